The van der Waals surface area contributed by atoms with Crippen LogP contribution in [-0.2, 0) is 13.0 Å². The van der Waals surface area contributed by atoms with Gasteiger partial charge < -0.3 is 9.64 Å². The van der Waals surface area contributed by atoms with Gasteiger partial charge in [-0.25, -0.2) is 0 Å². The monoisotopic (exact) mass is 499 g/mol. The summed E-state index contributed by atoms with van der Waals surface area (Å²) in [6.07, 6.45) is 2.99. The predicted molar refractivity (Wildman–Crippen MR) is 144 cm³/mol. The molecule has 1 amide bonds. The molecule has 37 heavy (non-hydrogen) atoms. The number of hydrogen-bond acceptors (Lipinski definition) is 5. The molecule has 0 unspecified atom stereocenters. The fourth-order valence-corrected chi connectivity index (χ4v) is 5.46. The number of fused-ring (bicyclic) bond motifs is 1. The lowest BCUT2D eigenvalue weighted by Gasteiger charge is -2.33. The third-order valence-corrected chi connectivity index (χ3v) is 7.33. The van der Waals surface area contributed by atoms with Crippen molar-refractivity contribution < 1.29 is 14.5 Å². The summed E-state index contributed by atoms with van der Waals surface area (Å²) >= 11 is 0. The van der Waals surface area contributed by atoms with Crippen LogP contribution in [0.1, 0.15) is 59.7 Å². The van der Waals surface area contributed by atoms with Gasteiger partial charge >= 0.3 is 0 Å². The summed E-state index contributed by atoms with van der Waals surface area (Å²) in [6.45, 7) is 7.58. The number of nitro groups is 1. The molecule has 0 aromatic heterocycles. The topological polar surface area (TPSA) is 75.9 Å². The number of hydrogen-bond donors (Lipinski definition) is 0. The number of rotatable bonds is 7. The summed E-state index contributed by atoms with van der Waals surface area (Å²) in [5.41, 5.74) is 4.82. The van der Waals surface area contributed by atoms with Gasteiger partial charge in [0.1, 0.15) is 5.75 Å². The Kier molecular flexibility index (Phi) is 7.24. The van der Waals surface area contributed by atoms with Crippen LogP contribution in [0, 0.1) is 10.1 Å². The first kappa shape index (κ1) is 25.0. The van der Waals surface area contributed by atoms with Crippen LogP contribution in [0.4, 0.5) is 11.4 Å². The fraction of sp³-hybridized carbons (Fsp3) is 0.367. The lowest BCUT2D eigenvalue weighted by molar-refractivity contribution is -0.384. The molecule has 7 nitrogen and oxygen atoms in total. The predicted octanol–water partition coefficient (Wildman–Crippen LogP) is 5.96. The molecule has 2 aliphatic heterocycles. The molecule has 7 heteroatoms. The number of piperidine rings is 1. The fourth-order valence-electron chi connectivity index (χ4n) is 5.46. The molecule has 3 aromatic carbocycles. The summed E-state index contributed by atoms with van der Waals surface area (Å²) < 4.78 is 6.05. The maximum Gasteiger partial charge on any atom is 0.269 e. The van der Waals surface area contributed by atoms with Crippen LogP contribution in [0.2, 0.25) is 0 Å². The van der Waals surface area contributed by atoms with Crippen molar-refractivity contribution in [2.24, 2.45) is 0 Å². The summed E-state index contributed by atoms with van der Waals surface area (Å²) in [5, 5.41) is 11.1. The minimum Gasteiger partial charge on any atom is -0.491 e. The van der Waals surface area contributed by atoms with Gasteiger partial charge in [0.2, 0.25) is 0 Å². The van der Waals surface area contributed by atoms with E-state index in [-0.39, 0.29) is 17.7 Å². The highest BCUT2D eigenvalue weighted by atomic mass is 16.6. The van der Waals surface area contributed by atoms with Gasteiger partial charge in [0.15, 0.2) is 0 Å². The van der Waals surface area contributed by atoms with E-state index in [9.17, 15) is 14.9 Å². The highest BCUT2D eigenvalue weighted by Gasteiger charge is 2.27. The van der Waals surface area contributed by atoms with E-state index in [1.807, 2.05) is 30.3 Å². The van der Waals surface area contributed by atoms with E-state index in [0.29, 0.717) is 24.4 Å². The molecule has 0 N–H and O–H groups in total. The van der Waals surface area contributed by atoms with Crippen molar-refractivity contribution in [1.82, 2.24) is 4.90 Å². The smallest absolute Gasteiger partial charge is 0.269 e. The second-order valence-electron chi connectivity index (χ2n) is 10.2. The van der Waals surface area contributed by atoms with Crippen molar-refractivity contribution in [3.63, 3.8) is 0 Å². The number of nitrogens with zero attached hydrogens (tertiary/aromatic N) is 3. The van der Waals surface area contributed by atoms with E-state index >= 15 is 0 Å². The van der Waals surface area contributed by atoms with E-state index in [2.05, 4.69) is 36.9 Å². The Balaban J connectivity index is 1.18. The zero-order chi connectivity index (χ0) is 25.9. The number of nitro benzene ring substituents is 1. The van der Waals surface area contributed by atoms with Crippen LogP contribution in [-0.4, -0.2) is 41.5 Å². The van der Waals surface area contributed by atoms with E-state index in [0.717, 1.165) is 49.5 Å². The molecule has 3 aromatic rings. The second-order valence-corrected chi connectivity index (χ2v) is 10.2. The van der Waals surface area contributed by atoms with Gasteiger partial charge in [0.25, 0.3) is 11.6 Å². The Morgan fingerprint density at radius 2 is 1.76 bits per heavy atom. The standard InChI is InChI=1S/C30H33N3O4/c1-21(2)37-29-6-4-3-5-27(29)23-13-16-31(17-14-23)20-22-7-9-24(10-8-22)30(34)32-18-15-25-19-26(33(35)36)11-12-28(25)32/h3-12,19,21,23H,13-18,20H2,1-2H3. The van der Waals surface area contributed by atoms with Gasteiger partial charge in [0.05, 0.1) is 11.0 Å². The molecule has 2 heterocycles. The van der Waals surface area contributed by atoms with Crippen LogP contribution < -0.4 is 9.64 Å². The van der Waals surface area contributed by atoms with E-state index < -0.39 is 4.92 Å². The summed E-state index contributed by atoms with van der Waals surface area (Å²) in [5.74, 6) is 1.45. The van der Waals surface area contributed by atoms with Gasteiger partial charge in [-0.3, -0.25) is 19.8 Å². The van der Waals surface area contributed by atoms with Crippen molar-refractivity contribution in [2.75, 3.05) is 24.5 Å². The number of non-ortho nitro benzene ring substituents is 1. The minimum atomic E-state index is -0.397. The maximum absolute atomic E-state index is 13.2. The minimum absolute atomic E-state index is 0.0644. The maximum atomic E-state index is 13.2. The van der Waals surface area contributed by atoms with Crippen LogP contribution in [0.5, 0.6) is 5.75 Å². The molecular formula is C30H33N3O4. The third kappa shape index (κ3) is 5.52. The second kappa shape index (κ2) is 10.7. The first-order valence-electron chi connectivity index (χ1n) is 13.0. The molecular weight excluding hydrogens is 466 g/mol. The Morgan fingerprint density at radius 1 is 1.03 bits per heavy atom. The number of likely N-dealkylation sites (tertiary alicyclic amines) is 1. The van der Waals surface area contributed by atoms with Gasteiger partial charge in [-0.2, -0.15) is 0 Å². The number of amides is 1. The van der Waals surface area contributed by atoms with Gasteiger partial charge in [0, 0.05) is 36.5 Å². The van der Waals surface area contributed by atoms with E-state index in [1.54, 1.807) is 17.0 Å². The van der Waals surface area contributed by atoms with Crippen molar-refractivity contribution in [2.45, 2.75) is 51.7 Å². The highest BCUT2D eigenvalue weighted by molar-refractivity contribution is 6.07. The zero-order valence-electron chi connectivity index (χ0n) is 21.4. The molecule has 1 fully saturated rings. The Morgan fingerprint density at radius 3 is 2.46 bits per heavy atom. The third-order valence-electron chi connectivity index (χ3n) is 7.33. The molecule has 192 valence electrons. The molecule has 0 atom stereocenters. The van der Waals surface area contributed by atoms with E-state index in [4.69, 9.17) is 4.74 Å². The first-order chi connectivity index (χ1) is 17.9. The van der Waals surface area contributed by atoms with Crippen LogP contribution in [0.25, 0.3) is 0 Å². The van der Waals surface area contributed by atoms with Crippen molar-refractivity contribution >= 4 is 17.3 Å². The number of ether oxygens (including phenoxy) is 1. The Bertz CT molecular complexity index is 1280. The lowest BCUT2D eigenvalue weighted by Crippen LogP contribution is -2.32. The highest BCUT2D eigenvalue weighted by Crippen LogP contribution is 2.35. The quantitative estimate of drug-likeness (QED) is 0.296. The molecule has 0 radical (unpaired) electrons. The number of carbonyl (C=O) groups is 1. The molecule has 5 rings (SSSR count). The summed E-state index contributed by atoms with van der Waals surface area (Å²) in [4.78, 5) is 28.0. The Labute approximate surface area is 217 Å². The number of benzene rings is 3. The number of para-hydroxylation sites is 1. The average molecular weight is 500 g/mol. The number of anilines is 1. The zero-order valence-corrected chi connectivity index (χ0v) is 21.4. The van der Waals surface area contributed by atoms with Crippen LogP contribution >= 0.6 is 0 Å². The van der Waals surface area contributed by atoms with Gasteiger partial charge in [-0.15, -0.1) is 0 Å². The normalized spacial score (nSPS) is 16.1. The summed E-state index contributed by atoms with van der Waals surface area (Å²) in [7, 11) is 0. The van der Waals surface area contributed by atoms with Gasteiger partial charge in [-0.1, -0.05) is 30.3 Å². The van der Waals surface area contributed by atoms with E-state index in [1.165, 1.54) is 17.2 Å². The largest absolute Gasteiger partial charge is 0.491 e. The lowest BCUT2D eigenvalue weighted by atomic mass is 9.88. The first-order valence-corrected chi connectivity index (χ1v) is 13.0. The molecule has 0 bridgehead atoms. The SMILES string of the molecule is CC(C)Oc1ccccc1C1CCN(Cc2ccc(C(=O)N3CCc4cc([N+](=O)[O-])ccc43)cc2)CC1. The van der Waals surface area contributed by atoms with Crippen molar-refractivity contribution in [1.29, 1.82) is 0 Å². The molecule has 0 spiro atoms. The molecule has 2 aliphatic rings. The number of carbonyl (C=O) groups excluding carboxylic acids is 1. The average Bonchev–Trinajstić information content (AvgIpc) is 3.33. The molecule has 1 saturated heterocycles. The van der Waals surface area contributed by atoms with Crippen LogP contribution in [0.3, 0.4) is 0 Å². The molecule has 0 saturated carbocycles. The van der Waals surface area contributed by atoms with Crippen LogP contribution in [0.15, 0.2) is 66.7 Å². The van der Waals surface area contributed by atoms with Crippen molar-refractivity contribution in [3.8, 4) is 5.75 Å². The summed E-state index contributed by atoms with van der Waals surface area (Å²) in [6, 6.07) is 21.0. The van der Waals surface area contributed by atoms with Gasteiger partial charge in [-0.05, 0) is 93.1 Å². The Hall–Kier alpha value is -3.71. The van der Waals surface area contributed by atoms with Crippen molar-refractivity contribution in [3.05, 3.63) is 99.1 Å². The molecule has 0 aliphatic carbocycles.